The highest BCUT2D eigenvalue weighted by Gasteiger charge is 1.97. The summed E-state index contributed by atoms with van der Waals surface area (Å²) >= 11 is 0. The van der Waals surface area contributed by atoms with E-state index in [1.54, 1.807) is 13.0 Å². The van der Waals surface area contributed by atoms with Crippen LogP contribution in [-0.4, -0.2) is 31.6 Å². The van der Waals surface area contributed by atoms with Crippen LogP contribution in [0, 0.1) is 0 Å². The summed E-state index contributed by atoms with van der Waals surface area (Å²) in [5.74, 6) is -0.300. The van der Waals surface area contributed by atoms with E-state index in [0.717, 1.165) is 12.1 Å². The molecule has 1 aromatic rings. The summed E-state index contributed by atoms with van der Waals surface area (Å²) in [6.07, 6.45) is 3.23. The van der Waals surface area contributed by atoms with Crippen molar-refractivity contribution < 1.29 is 9.53 Å². The molecule has 1 rings (SSSR count). The van der Waals surface area contributed by atoms with Gasteiger partial charge in [0.15, 0.2) is 0 Å². The van der Waals surface area contributed by atoms with Gasteiger partial charge in [0.05, 0.1) is 6.61 Å². The monoisotopic (exact) mass is 233 g/mol. The van der Waals surface area contributed by atoms with Crippen LogP contribution in [0.5, 0.6) is 0 Å². The molecule has 0 spiro atoms. The number of benzene rings is 1. The average Bonchev–Trinajstić information content (AvgIpc) is 2.26. The molecule has 92 valence electrons. The summed E-state index contributed by atoms with van der Waals surface area (Å²) < 4.78 is 4.82. The number of hydrogen-bond acceptors (Lipinski definition) is 3. The molecule has 3 nitrogen and oxygen atoms in total. The number of nitrogens with zero attached hydrogens (tertiary/aromatic N) is 1. The predicted molar refractivity (Wildman–Crippen MR) is 69.5 cm³/mol. The molecule has 0 atom stereocenters. The minimum atomic E-state index is -0.300. The van der Waals surface area contributed by atoms with Crippen molar-refractivity contribution in [2.75, 3.05) is 20.7 Å². The van der Waals surface area contributed by atoms with Gasteiger partial charge >= 0.3 is 5.97 Å². The first-order valence-electron chi connectivity index (χ1n) is 5.70. The molecule has 0 saturated carbocycles. The summed E-state index contributed by atoms with van der Waals surface area (Å²) in [4.78, 5) is 13.3. The standard InChI is InChI=1S/C14H19NO2/c1-4-17-14(16)9-8-12-6-5-7-13(10-12)11-15(2)3/h5-10H,4,11H2,1-3H3/b9-8+. The lowest BCUT2D eigenvalue weighted by atomic mass is 10.1. The van der Waals surface area contributed by atoms with Crippen LogP contribution in [0.15, 0.2) is 30.3 Å². The highest BCUT2D eigenvalue weighted by atomic mass is 16.5. The number of esters is 1. The van der Waals surface area contributed by atoms with Gasteiger partial charge < -0.3 is 9.64 Å². The fraction of sp³-hybridized carbons (Fsp3) is 0.357. The topological polar surface area (TPSA) is 29.5 Å². The Kier molecular flexibility index (Phi) is 5.43. The second-order valence-electron chi connectivity index (χ2n) is 4.07. The lowest BCUT2D eigenvalue weighted by molar-refractivity contribution is -0.137. The zero-order chi connectivity index (χ0) is 12.7. The molecule has 0 amide bonds. The van der Waals surface area contributed by atoms with Crippen LogP contribution in [0.1, 0.15) is 18.1 Å². The van der Waals surface area contributed by atoms with Gasteiger partial charge in [-0.05, 0) is 38.2 Å². The molecule has 0 heterocycles. The molecule has 17 heavy (non-hydrogen) atoms. The van der Waals surface area contributed by atoms with Gasteiger partial charge in [0, 0.05) is 12.6 Å². The maximum Gasteiger partial charge on any atom is 0.330 e. The molecular weight excluding hydrogens is 214 g/mol. The van der Waals surface area contributed by atoms with Crippen molar-refractivity contribution in [2.24, 2.45) is 0 Å². The molecule has 0 N–H and O–H groups in total. The Labute approximate surface area is 103 Å². The van der Waals surface area contributed by atoms with Crippen molar-refractivity contribution in [3.63, 3.8) is 0 Å². The first-order valence-corrected chi connectivity index (χ1v) is 5.70. The number of rotatable bonds is 5. The second kappa shape index (κ2) is 6.86. The maximum atomic E-state index is 11.2. The van der Waals surface area contributed by atoms with E-state index in [2.05, 4.69) is 17.0 Å². The summed E-state index contributed by atoms with van der Waals surface area (Å²) in [6, 6.07) is 8.09. The minimum absolute atomic E-state index is 0.300. The summed E-state index contributed by atoms with van der Waals surface area (Å²) in [5, 5.41) is 0. The van der Waals surface area contributed by atoms with Gasteiger partial charge in [0.25, 0.3) is 0 Å². The summed E-state index contributed by atoms with van der Waals surface area (Å²) in [5.41, 5.74) is 2.23. The SMILES string of the molecule is CCOC(=O)/C=C/c1cccc(CN(C)C)c1. The Morgan fingerprint density at radius 2 is 2.18 bits per heavy atom. The van der Waals surface area contributed by atoms with E-state index >= 15 is 0 Å². The third-order valence-electron chi connectivity index (χ3n) is 2.15. The van der Waals surface area contributed by atoms with Crippen LogP contribution < -0.4 is 0 Å². The van der Waals surface area contributed by atoms with Crippen molar-refractivity contribution in [2.45, 2.75) is 13.5 Å². The fourth-order valence-electron chi connectivity index (χ4n) is 1.51. The quantitative estimate of drug-likeness (QED) is 0.577. The maximum absolute atomic E-state index is 11.2. The van der Waals surface area contributed by atoms with Crippen molar-refractivity contribution in [3.8, 4) is 0 Å². The lowest BCUT2D eigenvalue weighted by Crippen LogP contribution is -2.10. The van der Waals surface area contributed by atoms with E-state index in [0.29, 0.717) is 6.61 Å². The third-order valence-corrected chi connectivity index (χ3v) is 2.15. The van der Waals surface area contributed by atoms with Gasteiger partial charge in [-0.2, -0.15) is 0 Å². The second-order valence-corrected chi connectivity index (χ2v) is 4.07. The molecule has 0 fully saturated rings. The minimum Gasteiger partial charge on any atom is -0.463 e. The summed E-state index contributed by atoms with van der Waals surface area (Å²) in [7, 11) is 4.06. The largest absolute Gasteiger partial charge is 0.463 e. The zero-order valence-electron chi connectivity index (χ0n) is 10.6. The molecule has 0 aliphatic rings. The highest BCUT2D eigenvalue weighted by Crippen LogP contribution is 2.08. The Morgan fingerprint density at radius 1 is 1.41 bits per heavy atom. The first kappa shape index (κ1) is 13.5. The van der Waals surface area contributed by atoms with Crippen molar-refractivity contribution in [1.82, 2.24) is 4.90 Å². The van der Waals surface area contributed by atoms with Gasteiger partial charge in [-0.15, -0.1) is 0 Å². The first-order chi connectivity index (χ1) is 8.11. The Hall–Kier alpha value is -1.61. The van der Waals surface area contributed by atoms with Gasteiger partial charge in [-0.25, -0.2) is 4.79 Å². The van der Waals surface area contributed by atoms with E-state index in [1.807, 2.05) is 26.2 Å². The Morgan fingerprint density at radius 3 is 2.82 bits per heavy atom. The van der Waals surface area contributed by atoms with E-state index in [1.165, 1.54) is 11.6 Å². The average molecular weight is 233 g/mol. The zero-order valence-corrected chi connectivity index (χ0v) is 10.6. The molecule has 0 unspecified atom stereocenters. The third kappa shape index (κ3) is 5.31. The smallest absolute Gasteiger partial charge is 0.330 e. The van der Waals surface area contributed by atoms with E-state index < -0.39 is 0 Å². The molecule has 3 heteroatoms. The van der Waals surface area contributed by atoms with Crippen LogP contribution in [0.25, 0.3) is 6.08 Å². The van der Waals surface area contributed by atoms with Gasteiger partial charge in [0.2, 0.25) is 0 Å². The number of carbonyl (C=O) groups is 1. The van der Waals surface area contributed by atoms with Gasteiger partial charge in [-0.3, -0.25) is 0 Å². The number of carbonyl (C=O) groups excluding carboxylic acids is 1. The molecule has 1 aromatic carbocycles. The number of ether oxygens (including phenoxy) is 1. The van der Waals surface area contributed by atoms with Crippen molar-refractivity contribution >= 4 is 12.0 Å². The molecule has 0 radical (unpaired) electrons. The normalized spacial score (nSPS) is 11.1. The van der Waals surface area contributed by atoms with Crippen molar-refractivity contribution in [1.29, 1.82) is 0 Å². The van der Waals surface area contributed by atoms with E-state index in [9.17, 15) is 4.79 Å². The summed E-state index contributed by atoms with van der Waals surface area (Å²) in [6.45, 7) is 3.09. The highest BCUT2D eigenvalue weighted by molar-refractivity contribution is 5.87. The van der Waals surface area contributed by atoms with Crippen molar-refractivity contribution in [3.05, 3.63) is 41.5 Å². The molecule has 0 bridgehead atoms. The lowest BCUT2D eigenvalue weighted by Gasteiger charge is -2.09. The van der Waals surface area contributed by atoms with Gasteiger partial charge in [0.1, 0.15) is 0 Å². The van der Waals surface area contributed by atoms with Crippen LogP contribution in [0.3, 0.4) is 0 Å². The Bertz CT molecular complexity index is 397. The number of hydrogen-bond donors (Lipinski definition) is 0. The molecule has 0 saturated heterocycles. The molecule has 0 aliphatic heterocycles. The van der Waals surface area contributed by atoms with Gasteiger partial charge in [-0.1, -0.05) is 24.3 Å². The van der Waals surface area contributed by atoms with Crippen LogP contribution in [0.4, 0.5) is 0 Å². The molecular formula is C14H19NO2. The van der Waals surface area contributed by atoms with Crippen LogP contribution >= 0.6 is 0 Å². The van der Waals surface area contributed by atoms with Crippen LogP contribution in [0.2, 0.25) is 0 Å². The van der Waals surface area contributed by atoms with E-state index in [4.69, 9.17) is 4.74 Å². The molecule has 0 aromatic heterocycles. The fourth-order valence-corrected chi connectivity index (χ4v) is 1.51. The van der Waals surface area contributed by atoms with E-state index in [-0.39, 0.29) is 5.97 Å². The molecule has 0 aliphatic carbocycles. The Balaban J connectivity index is 2.68. The van der Waals surface area contributed by atoms with Crippen LogP contribution in [-0.2, 0) is 16.1 Å². The predicted octanol–water partition coefficient (Wildman–Crippen LogP) is 2.32.